The van der Waals surface area contributed by atoms with Crippen molar-refractivity contribution in [2.24, 2.45) is 0 Å². The summed E-state index contributed by atoms with van der Waals surface area (Å²) in [7, 11) is 0. The maximum Gasteiger partial charge on any atom is 0.416 e. The van der Waals surface area contributed by atoms with Crippen LogP contribution in [0.1, 0.15) is 5.56 Å². The molecule has 0 spiro atoms. The second-order valence-electron chi connectivity index (χ2n) is 4.45. The summed E-state index contributed by atoms with van der Waals surface area (Å²) in [4.78, 5) is 6.97. The highest BCUT2D eigenvalue weighted by Gasteiger charge is 2.30. The molecule has 2 aromatic carbocycles. The number of H-pyrrole nitrogens is 1. The van der Waals surface area contributed by atoms with Gasteiger partial charge in [-0.15, -0.1) is 0 Å². The number of aromatic nitrogens is 2. The third-order valence-corrected chi connectivity index (χ3v) is 2.86. The molecular formula is C14H10F3N3O. The smallest absolute Gasteiger partial charge is 0.416 e. The number of nitrogen functional groups attached to an aromatic ring is 1. The van der Waals surface area contributed by atoms with Gasteiger partial charge in [0.05, 0.1) is 16.6 Å². The zero-order chi connectivity index (χ0) is 15.0. The molecule has 0 saturated carbocycles. The number of nitrogens with zero attached hydrogens (tertiary/aromatic N) is 1. The quantitative estimate of drug-likeness (QED) is 0.703. The van der Waals surface area contributed by atoms with Crippen LogP contribution < -0.4 is 10.5 Å². The van der Waals surface area contributed by atoms with Gasteiger partial charge in [0.2, 0.25) is 0 Å². The van der Waals surface area contributed by atoms with Crippen LogP contribution in [0.25, 0.3) is 11.0 Å². The second-order valence-corrected chi connectivity index (χ2v) is 4.45. The number of hydrogen-bond donors (Lipinski definition) is 2. The first-order valence-electron chi connectivity index (χ1n) is 6.02. The van der Waals surface area contributed by atoms with Crippen molar-refractivity contribution in [1.29, 1.82) is 0 Å². The van der Waals surface area contributed by atoms with Gasteiger partial charge < -0.3 is 15.5 Å². The van der Waals surface area contributed by atoms with Gasteiger partial charge in [-0.2, -0.15) is 18.2 Å². The molecule has 0 bridgehead atoms. The van der Waals surface area contributed by atoms with Gasteiger partial charge in [-0.1, -0.05) is 6.07 Å². The normalized spacial score (nSPS) is 11.8. The number of fused-ring (bicyclic) bond motifs is 1. The van der Waals surface area contributed by atoms with Crippen LogP contribution in [0.5, 0.6) is 11.8 Å². The van der Waals surface area contributed by atoms with Crippen molar-refractivity contribution in [1.82, 2.24) is 9.97 Å². The van der Waals surface area contributed by atoms with Crippen molar-refractivity contribution in [3.05, 3.63) is 48.0 Å². The lowest BCUT2D eigenvalue weighted by molar-refractivity contribution is -0.137. The van der Waals surface area contributed by atoms with Crippen LogP contribution in [0.4, 0.5) is 18.9 Å². The van der Waals surface area contributed by atoms with Gasteiger partial charge in [-0.3, -0.25) is 0 Å². The van der Waals surface area contributed by atoms with Crippen molar-refractivity contribution in [3.63, 3.8) is 0 Å². The van der Waals surface area contributed by atoms with Crippen LogP contribution in [-0.4, -0.2) is 9.97 Å². The van der Waals surface area contributed by atoms with E-state index in [2.05, 4.69) is 9.97 Å². The average molecular weight is 293 g/mol. The molecule has 3 N–H and O–H groups in total. The number of benzene rings is 2. The minimum atomic E-state index is -4.41. The number of ether oxygens (including phenoxy) is 1. The minimum Gasteiger partial charge on any atom is -0.426 e. The predicted molar refractivity (Wildman–Crippen MR) is 72.0 cm³/mol. The zero-order valence-electron chi connectivity index (χ0n) is 10.6. The summed E-state index contributed by atoms with van der Waals surface area (Å²) in [5.74, 6) is 0.0526. The molecule has 0 unspecified atom stereocenters. The molecule has 7 heteroatoms. The van der Waals surface area contributed by atoms with Crippen LogP contribution in [-0.2, 0) is 6.18 Å². The third-order valence-electron chi connectivity index (χ3n) is 2.86. The standard InChI is InChI=1S/C14H10F3N3O/c15-14(16,17)8-2-1-3-10(6-8)21-13-19-11-5-4-9(18)7-12(11)20-13/h1-7H,18H2,(H,19,20). The van der Waals surface area contributed by atoms with E-state index in [1.807, 2.05) is 0 Å². The van der Waals surface area contributed by atoms with E-state index in [-0.39, 0.29) is 11.8 Å². The number of imidazole rings is 1. The van der Waals surface area contributed by atoms with Crippen LogP contribution >= 0.6 is 0 Å². The number of rotatable bonds is 2. The summed E-state index contributed by atoms with van der Waals surface area (Å²) in [6.45, 7) is 0. The summed E-state index contributed by atoms with van der Waals surface area (Å²) in [6, 6.07) is 9.75. The number of alkyl halides is 3. The Balaban J connectivity index is 1.91. The Kier molecular flexibility index (Phi) is 2.97. The minimum absolute atomic E-state index is 0.0526. The fourth-order valence-electron chi connectivity index (χ4n) is 1.90. The molecule has 1 aromatic heterocycles. The molecule has 21 heavy (non-hydrogen) atoms. The van der Waals surface area contributed by atoms with Crippen LogP contribution in [0.15, 0.2) is 42.5 Å². The van der Waals surface area contributed by atoms with E-state index in [0.717, 1.165) is 12.1 Å². The Morgan fingerprint density at radius 3 is 2.67 bits per heavy atom. The van der Waals surface area contributed by atoms with E-state index in [1.54, 1.807) is 18.2 Å². The predicted octanol–water partition coefficient (Wildman–Crippen LogP) is 3.96. The molecule has 0 aliphatic carbocycles. The molecule has 0 atom stereocenters. The van der Waals surface area contributed by atoms with Gasteiger partial charge >= 0.3 is 6.18 Å². The highest BCUT2D eigenvalue weighted by Crippen LogP contribution is 2.32. The van der Waals surface area contributed by atoms with Crippen molar-refractivity contribution in [3.8, 4) is 11.8 Å². The van der Waals surface area contributed by atoms with Crippen LogP contribution in [0.3, 0.4) is 0 Å². The largest absolute Gasteiger partial charge is 0.426 e. The summed E-state index contributed by atoms with van der Waals surface area (Å²) in [6.07, 6.45) is -4.41. The van der Waals surface area contributed by atoms with E-state index in [4.69, 9.17) is 10.5 Å². The fraction of sp³-hybridized carbons (Fsp3) is 0.0714. The first-order chi connectivity index (χ1) is 9.91. The Labute approximate surface area is 117 Å². The first-order valence-corrected chi connectivity index (χ1v) is 6.02. The molecule has 0 saturated heterocycles. The van der Waals surface area contributed by atoms with Crippen LogP contribution in [0, 0.1) is 0 Å². The molecule has 3 aromatic rings. The van der Waals surface area contributed by atoms with Gasteiger partial charge in [0.1, 0.15) is 5.75 Å². The SMILES string of the molecule is Nc1ccc2nc(Oc3cccc(C(F)(F)F)c3)[nH]c2c1. The maximum absolute atomic E-state index is 12.6. The van der Waals surface area contributed by atoms with Crippen molar-refractivity contribution in [2.75, 3.05) is 5.73 Å². The van der Waals surface area contributed by atoms with E-state index in [9.17, 15) is 13.2 Å². The van der Waals surface area contributed by atoms with Gasteiger partial charge in [0.15, 0.2) is 0 Å². The van der Waals surface area contributed by atoms with E-state index >= 15 is 0 Å². The lowest BCUT2D eigenvalue weighted by atomic mass is 10.2. The Hall–Kier alpha value is -2.70. The molecule has 0 radical (unpaired) electrons. The third kappa shape index (κ3) is 2.76. The number of nitrogens with one attached hydrogen (secondary N) is 1. The number of halogens is 3. The molecule has 0 aliphatic rings. The van der Waals surface area contributed by atoms with E-state index in [0.29, 0.717) is 16.7 Å². The highest BCUT2D eigenvalue weighted by atomic mass is 19.4. The number of nitrogens with two attached hydrogens (primary N) is 1. The Bertz CT molecular complexity index is 796. The Morgan fingerprint density at radius 2 is 1.90 bits per heavy atom. The summed E-state index contributed by atoms with van der Waals surface area (Å²) >= 11 is 0. The summed E-state index contributed by atoms with van der Waals surface area (Å²) in [5.41, 5.74) is 6.68. The van der Waals surface area contributed by atoms with Gasteiger partial charge in [-0.05, 0) is 36.4 Å². The molecule has 4 nitrogen and oxygen atoms in total. The average Bonchev–Trinajstić information content (AvgIpc) is 2.79. The topological polar surface area (TPSA) is 63.9 Å². The lowest BCUT2D eigenvalue weighted by Gasteiger charge is -2.08. The zero-order valence-corrected chi connectivity index (χ0v) is 10.6. The second kappa shape index (κ2) is 4.69. The summed E-state index contributed by atoms with van der Waals surface area (Å²) in [5, 5.41) is 0. The van der Waals surface area contributed by atoms with Gasteiger partial charge in [-0.25, -0.2) is 0 Å². The number of aromatic amines is 1. The van der Waals surface area contributed by atoms with E-state index < -0.39 is 11.7 Å². The van der Waals surface area contributed by atoms with E-state index in [1.165, 1.54) is 12.1 Å². The molecule has 0 aliphatic heterocycles. The molecule has 0 amide bonds. The Morgan fingerprint density at radius 1 is 1.10 bits per heavy atom. The highest BCUT2D eigenvalue weighted by molar-refractivity contribution is 5.79. The molecular weight excluding hydrogens is 283 g/mol. The molecule has 1 heterocycles. The van der Waals surface area contributed by atoms with Crippen molar-refractivity contribution >= 4 is 16.7 Å². The van der Waals surface area contributed by atoms with Gasteiger partial charge in [0, 0.05) is 5.69 Å². The molecule has 3 rings (SSSR count). The van der Waals surface area contributed by atoms with Gasteiger partial charge in [0.25, 0.3) is 6.01 Å². The molecule has 108 valence electrons. The number of anilines is 1. The lowest BCUT2D eigenvalue weighted by Crippen LogP contribution is -2.04. The van der Waals surface area contributed by atoms with Crippen molar-refractivity contribution in [2.45, 2.75) is 6.18 Å². The molecule has 0 fully saturated rings. The fourth-order valence-corrected chi connectivity index (χ4v) is 1.90. The monoisotopic (exact) mass is 293 g/mol. The summed E-state index contributed by atoms with van der Waals surface area (Å²) < 4.78 is 43.2. The first kappa shape index (κ1) is 13.3. The van der Waals surface area contributed by atoms with Crippen molar-refractivity contribution < 1.29 is 17.9 Å². The maximum atomic E-state index is 12.6. The van der Waals surface area contributed by atoms with Crippen LogP contribution in [0.2, 0.25) is 0 Å². The number of hydrogen-bond acceptors (Lipinski definition) is 3.